The Morgan fingerprint density at radius 2 is 1.83 bits per heavy atom. The third-order valence-electron chi connectivity index (χ3n) is 4.88. The van der Waals surface area contributed by atoms with E-state index in [1.165, 1.54) is 23.1 Å². The summed E-state index contributed by atoms with van der Waals surface area (Å²) in [6.45, 7) is 1.90. The highest BCUT2D eigenvalue weighted by molar-refractivity contribution is 7.99. The van der Waals surface area contributed by atoms with Gasteiger partial charge in [-0.25, -0.2) is 0 Å². The molecule has 0 atom stereocenters. The molecule has 36 heavy (non-hydrogen) atoms. The lowest BCUT2D eigenvalue weighted by Gasteiger charge is -2.15. The molecule has 0 radical (unpaired) electrons. The molecule has 4 rings (SSSR count). The molecule has 0 spiro atoms. The van der Waals surface area contributed by atoms with Crippen molar-refractivity contribution >= 4 is 40.0 Å². The van der Waals surface area contributed by atoms with Crippen LogP contribution in [-0.2, 0) is 11.3 Å². The Balaban J connectivity index is 1.59. The second-order valence-electron chi connectivity index (χ2n) is 7.28. The maximum absolute atomic E-state index is 12.6. The van der Waals surface area contributed by atoms with Gasteiger partial charge in [-0.05, 0) is 31.2 Å². The normalized spacial score (nSPS) is 10.6. The number of rotatable bonds is 10. The number of aromatic nitrogens is 5. The van der Waals surface area contributed by atoms with E-state index in [1.54, 1.807) is 61.3 Å². The molecule has 2 heterocycles. The van der Waals surface area contributed by atoms with Gasteiger partial charge < -0.3 is 14.8 Å². The van der Waals surface area contributed by atoms with Crippen LogP contribution >= 0.6 is 23.1 Å². The summed E-state index contributed by atoms with van der Waals surface area (Å²) in [4.78, 5) is 25.1. The van der Waals surface area contributed by atoms with Gasteiger partial charge in [-0.2, -0.15) is 0 Å². The van der Waals surface area contributed by atoms with Crippen molar-refractivity contribution in [2.75, 3.05) is 25.3 Å². The highest BCUT2D eigenvalue weighted by Gasteiger charge is 2.20. The number of carbonyl (C=O) groups excluding carboxylic acids is 2. The van der Waals surface area contributed by atoms with Crippen LogP contribution in [0.15, 0.2) is 53.7 Å². The Kier molecular flexibility index (Phi) is 8.13. The average molecular weight is 526 g/mol. The number of hydrogen-bond donors (Lipinski definition) is 2. The van der Waals surface area contributed by atoms with Gasteiger partial charge in [-0.15, -0.1) is 20.4 Å². The zero-order chi connectivity index (χ0) is 25.5. The minimum atomic E-state index is -0.262. The van der Waals surface area contributed by atoms with E-state index in [2.05, 4.69) is 31.0 Å². The molecule has 11 nitrogen and oxygen atoms in total. The first-order chi connectivity index (χ1) is 17.5. The Hall–Kier alpha value is -3.97. The highest BCUT2D eigenvalue weighted by atomic mass is 32.2. The second kappa shape index (κ2) is 11.6. The monoisotopic (exact) mass is 525 g/mol. The van der Waals surface area contributed by atoms with Crippen LogP contribution in [0.2, 0.25) is 0 Å². The predicted molar refractivity (Wildman–Crippen MR) is 136 cm³/mol. The fourth-order valence-electron chi connectivity index (χ4n) is 3.21. The van der Waals surface area contributed by atoms with Gasteiger partial charge in [0.2, 0.25) is 11.0 Å². The average Bonchev–Trinajstić information content (AvgIpc) is 3.51. The molecule has 4 aromatic rings. The molecule has 2 amide bonds. The number of carbonyl (C=O) groups is 2. The summed E-state index contributed by atoms with van der Waals surface area (Å²) in [5.74, 6) is 1.14. The third-order valence-corrected chi connectivity index (χ3v) is 6.56. The van der Waals surface area contributed by atoms with Gasteiger partial charge in [0.25, 0.3) is 5.91 Å². The first-order valence-corrected chi connectivity index (χ1v) is 12.5. The number of amides is 2. The SMILES string of the molecule is COc1ccc(OC)c(-n2c(CNC(=O)c3ccccc3)nnc2SCC(=O)Nc2nnc(C)s2)c1. The van der Waals surface area contributed by atoms with Crippen LogP contribution in [0, 0.1) is 6.92 Å². The first kappa shape index (κ1) is 25.1. The predicted octanol–water partition coefficient (Wildman–Crippen LogP) is 3.11. The fourth-order valence-corrected chi connectivity index (χ4v) is 4.58. The molecular weight excluding hydrogens is 502 g/mol. The zero-order valence-corrected chi connectivity index (χ0v) is 21.4. The number of ether oxygens (including phenoxy) is 2. The summed E-state index contributed by atoms with van der Waals surface area (Å²) >= 11 is 2.48. The van der Waals surface area contributed by atoms with Gasteiger partial charge >= 0.3 is 0 Å². The Morgan fingerprint density at radius 3 is 2.53 bits per heavy atom. The topological polar surface area (TPSA) is 133 Å². The van der Waals surface area contributed by atoms with E-state index in [9.17, 15) is 9.59 Å². The van der Waals surface area contributed by atoms with Crippen molar-refractivity contribution in [3.05, 3.63) is 64.9 Å². The van der Waals surface area contributed by atoms with Crippen molar-refractivity contribution in [2.24, 2.45) is 0 Å². The quantitative estimate of drug-likeness (QED) is 0.300. The number of nitrogens with one attached hydrogen (secondary N) is 2. The molecular formula is C23H23N7O4S2. The van der Waals surface area contributed by atoms with Crippen molar-refractivity contribution in [2.45, 2.75) is 18.6 Å². The standard InChI is InChI=1S/C23H23N7O4S2/c1-14-26-28-22(36-14)25-20(31)13-35-23-29-27-19(12-24-21(32)15-7-5-4-6-8-15)30(23)17-11-16(33-2)9-10-18(17)34-3/h4-11H,12-13H2,1-3H3,(H,24,32)(H,25,28,31). The molecule has 0 aliphatic rings. The molecule has 0 saturated carbocycles. The molecule has 0 saturated heterocycles. The smallest absolute Gasteiger partial charge is 0.251 e. The van der Waals surface area contributed by atoms with Crippen molar-refractivity contribution in [3.63, 3.8) is 0 Å². The van der Waals surface area contributed by atoms with Gasteiger partial charge in [0.05, 0.1) is 32.2 Å². The minimum absolute atomic E-state index is 0.0550. The van der Waals surface area contributed by atoms with Gasteiger partial charge in [0, 0.05) is 11.6 Å². The van der Waals surface area contributed by atoms with E-state index in [1.807, 2.05) is 13.0 Å². The van der Waals surface area contributed by atoms with Crippen molar-refractivity contribution in [1.82, 2.24) is 30.3 Å². The number of hydrogen-bond acceptors (Lipinski definition) is 10. The summed E-state index contributed by atoms with van der Waals surface area (Å²) in [6.07, 6.45) is 0. The summed E-state index contributed by atoms with van der Waals surface area (Å²) in [7, 11) is 3.12. The van der Waals surface area contributed by atoms with Crippen LogP contribution in [0.4, 0.5) is 5.13 Å². The highest BCUT2D eigenvalue weighted by Crippen LogP contribution is 2.32. The van der Waals surface area contributed by atoms with Crippen molar-refractivity contribution in [3.8, 4) is 17.2 Å². The Morgan fingerprint density at radius 1 is 1.03 bits per heavy atom. The van der Waals surface area contributed by atoms with Crippen molar-refractivity contribution in [1.29, 1.82) is 0 Å². The van der Waals surface area contributed by atoms with Crippen LogP contribution in [0.1, 0.15) is 21.2 Å². The lowest BCUT2D eigenvalue weighted by Crippen LogP contribution is -2.24. The maximum Gasteiger partial charge on any atom is 0.251 e. The summed E-state index contributed by atoms with van der Waals surface area (Å²) < 4.78 is 12.7. The number of thioether (sulfide) groups is 1. The fraction of sp³-hybridized carbons (Fsp3) is 0.217. The van der Waals surface area contributed by atoms with Crippen LogP contribution < -0.4 is 20.1 Å². The molecule has 0 aliphatic carbocycles. The number of nitrogens with zero attached hydrogens (tertiary/aromatic N) is 5. The Labute approximate surface area is 215 Å². The largest absolute Gasteiger partial charge is 0.497 e. The molecule has 13 heteroatoms. The van der Waals surface area contributed by atoms with E-state index in [-0.39, 0.29) is 24.1 Å². The van der Waals surface area contributed by atoms with Crippen LogP contribution in [0.25, 0.3) is 5.69 Å². The zero-order valence-electron chi connectivity index (χ0n) is 19.7. The Bertz CT molecular complexity index is 1360. The first-order valence-electron chi connectivity index (χ1n) is 10.7. The lowest BCUT2D eigenvalue weighted by molar-refractivity contribution is -0.113. The maximum atomic E-state index is 12.6. The molecule has 2 aromatic heterocycles. The lowest BCUT2D eigenvalue weighted by atomic mass is 10.2. The van der Waals surface area contributed by atoms with Gasteiger partial charge in [0.1, 0.15) is 16.5 Å². The molecule has 2 N–H and O–H groups in total. The van der Waals surface area contributed by atoms with E-state index in [0.29, 0.717) is 38.9 Å². The summed E-state index contributed by atoms with van der Waals surface area (Å²) in [5, 5.41) is 23.6. The van der Waals surface area contributed by atoms with Gasteiger partial charge in [-0.1, -0.05) is 41.3 Å². The summed E-state index contributed by atoms with van der Waals surface area (Å²) in [6, 6.07) is 14.2. The van der Waals surface area contributed by atoms with E-state index < -0.39 is 0 Å². The van der Waals surface area contributed by atoms with E-state index in [4.69, 9.17) is 9.47 Å². The van der Waals surface area contributed by atoms with Gasteiger partial charge in [0.15, 0.2) is 11.0 Å². The van der Waals surface area contributed by atoms with Crippen LogP contribution in [-0.4, -0.2) is 56.7 Å². The van der Waals surface area contributed by atoms with E-state index in [0.717, 1.165) is 5.01 Å². The van der Waals surface area contributed by atoms with Crippen LogP contribution in [0.3, 0.4) is 0 Å². The number of aryl methyl sites for hydroxylation is 1. The number of anilines is 1. The van der Waals surface area contributed by atoms with E-state index >= 15 is 0 Å². The molecule has 0 fully saturated rings. The minimum Gasteiger partial charge on any atom is -0.497 e. The second-order valence-corrected chi connectivity index (χ2v) is 9.41. The van der Waals surface area contributed by atoms with Crippen LogP contribution in [0.5, 0.6) is 11.5 Å². The van der Waals surface area contributed by atoms with Gasteiger partial charge in [-0.3, -0.25) is 19.5 Å². The summed E-state index contributed by atoms with van der Waals surface area (Å²) in [5.41, 5.74) is 1.13. The molecule has 186 valence electrons. The third kappa shape index (κ3) is 5.98. The molecule has 0 aliphatic heterocycles. The molecule has 2 aromatic carbocycles. The molecule has 0 unspecified atom stereocenters. The molecule has 0 bridgehead atoms. The number of benzene rings is 2. The van der Waals surface area contributed by atoms with Crippen molar-refractivity contribution < 1.29 is 19.1 Å². The number of methoxy groups -OCH3 is 2.